The third-order valence-electron chi connectivity index (χ3n) is 0.0913. The minimum absolute atomic E-state index is 0. The quantitative estimate of drug-likeness (QED) is 0.389. The normalized spacial score (nSPS) is 6.00. The molecule has 0 amide bonds. The first-order valence-corrected chi connectivity index (χ1v) is 2.06. The van der Waals surface area contributed by atoms with Crippen LogP contribution in [0.1, 0.15) is 0 Å². The number of hydrogen-bond donors (Lipinski definition) is 2. The van der Waals surface area contributed by atoms with Gasteiger partial charge in [0.25, 0.3) is 0 Å². The van der Waals surface area contributed by atoms with Gasteiger partial charge >= 0.3 is 0 Å². The third-order valence-corrected chi connectivity index (χ3v) is 0.274. The molecule has 0 fully saturated rings. The maximum absolute atomic E-state index is 7.59. The molecule has 2 N–H and O–H groups in total. The Kier molecular flexibility index (Phi) is 16.1. The molecule has 0 radical (unpaired) electrons. The molecule has 0 aromatic carbocycles. The van der Waals surface area contributed by atoms with E-state index in [-0.39, 0.29) is 12.4 Å². The van der Waals surface area contributed by atoms with E-state index in [9.17, 15) is 0 Å². The molecule has 0 bridgehead atoms. The largest absolute Gasteiger partial charge is 0.306 e. The molecule has 0 saturated carbocycles. The lowest BCUT2D eigenvalue weighted by Gasteiger charge is -1.74. The fourth-order valence-electron chi connectivity index (χ4n) is 0. The van der Waals surface area contributed by atoms with Crippen molar-refractivity contribution in [1.29, 1.82) is 0 Å². The van der Waals surface area contributed by atoms with E-state index < -0.39 is 0 Å². The molecule has 0 rings (SSSR count). The lowest BCUT2D eigenvalue weighted by molar-refractivity contribution is 0.259. The van der Waals surface area contributed by atoms with E-state index in [1.807, 2.05) is 4.89 Å². The number of rotatable bonds is 1. The van der Waals surface area contributed by atoms with Gasteiger partial charge < -0.3 is 5.21 Å². The maximum Gasteiger partial charge on any atom is -0.00160 e. The molecule has 5 heavy (non-hydrogen) atoms. The highest BCUT2D eigenvalue weighted by Crippen LogP contribution is 1.70. The van der Waals surface area contributed by atoms with Gasteiger partial charge in [0.2, 0.25) is 0 Å². The molecule has 0 atom stereocenters. The number of nitrogens with one attached hydrogen (secondary N) is 1. The molecule has 0 spiro atoms. The summed E-state index contributed by atoms with van der Waals surface area (Å²) in [5, 5.41) is 7.59. The van der Waals surface area contributed by atoms with Gasteiger partial charge in [0.1, 0.15) is 0 Å². The van der Waals surface area contributed by atoms with Crippen LogP contribution in [0.4, 0.5) is 0 Å². The third kappa shape index (κ3) is 12.3. The average Bonchev–Trinajstić information content (AvgIpc) is 1.37. The summed E-state index contributed by atoms with van der Waals surface area (Å²) in [5.41, 5.74) is 0. The second-order valence-electron chi connectivity index (χ2n) is 0.295. The van der Waals surface area contributed by atoms with Crippen LogP contribution in [-0.4, -0.2) is 11.5 Å². The summed E-state index contributed by atoms with van der Waals surface area (Å²) in [6, 6.07) is 0. The molecule has 0 unspecified atom stereocenters. The van der Waals surface area contributed by atoms with Gasteiger partial charge in [0, 0.05) is 0 Å². The van der Waals surface area contributed by atoms with Gasteiger partial charge in [-0.25, -0.2) is 0 Å². The molecule has 0 heterocycles. The summed E-state index contributed by atoms with van der Waals surface area (Å²) >= 11 is 1.16. The zero-order valence-electron chi connectivity index (χ0n) is 2.76. The molecular weight excluding hydrogens is 110 g/mol. The Bertz CT molecular complexity index is 13.6. The Morgan fingerprint density at radius 2 is 2.00 bits per heavy atom. The van der Waals surface area contributed by atoms with Gasteiger partial charge in [-0.2, -0.15) is 0 Å². The predicted molar refractivity (Wildman–Crippen MR) is 25.7 cm³/mol. The second kappa shape index (κ2) is 8.82. The van der Waals surface area contributed by atoms with Crippen LogP contribution >= 0.6 is 24.4 Å². The van der Waals surface area contributed by atoms with Gasteiger partial charge in [-0.15, -0.1) is 17.3 Å². The first kappa shape index (κ1) is 9.12. The van der Waals surface area contributed by atoms with Crippen molar-refractivity contribution >= 4 is 24.4 Å². The van der Waals surface area contributed by atoms with Crippen molar-refractivity contribution in [2.75, 3.05) is 6.26 Å². The van der Waals surface area contributed by atoms with E-state index in [4.69, 9.17) is 5.21 Å². The van der Waals surface area contributed by atoms with Crippen LogP contribution < -0.4 is 4.89 Å². The van der Waals surface area contributed by atoms with Crippen molar-refractivity contribution in [2.24, 2.45) is 0 Å². The molecule has 34 valence electrons. The lowest BCUT2D eigenvalue weighted by atomic mass is 12.0. The first-order valence-electron chi connectivity index (χ1n) is 0.836. The van der Waals surface area contributed by atoms with Crippen LogP contribution in [0.5, 0.6) is 0 Å². The fraction of sp³-hybridized carbons (Fsp3) is 1.00. The van der Waals surface area contributed by atoms with Crippen LogP contribution in [-0.2, 0) is 0 Å². The van der Waals surface area contributed by atoms with Crippen molar-refractivity contribution in [3.63, 3.8) is 0 Å². The smallest absolute Gasteiger partial charge is 0.00160 e. The predicted octanol–water partition coefficient (Wildman–Crippen LogP) is 0.665. The molecule has 0 aromatic rings. The summed E-state index contributed by atoms with van der Waals surface area (Å²) in [6.07, 6.45) is 1.74. The van der Waals surface area contributed by atoms with E-state index in [1.165, 1.54) is 0 Å². The molecule has 4 heteroatoms. The van der Waals surface area contributed by atoms with Gasteiger partial charge in [-0.05, 0) is 6.26 Å². The molecule has 0 aliphatic rings. The summed E-state index contributed by atoms with van der Waals surface area (Å²) < 4.78 is 0. The van der Waals surface area contributed by atoms with E-state index in [1.54, 1.807) is 6.26 Å². The Hall–Kier alpha value is 0.560. The highest BCUT2D eigenvalue weighted by atomic mass is 35.5. The molecule has 2 nitrogen and oxygen atoms in total. The summed E-state index contributed by atoms with van der Waals surface area (Å²) in [6.45, 7) is 0. The fourth-order valence-corrected chi connectivity index (χ4v) is 0. The monoisotopic (exact) mass is 115 g/mol. The lowest BCUT2D eigenvalue weighted by Crippen LogP contribution is -1.87. The first-order chi connectivity index (χ1) is 1.91. The van der Waals surface area contributed by atoms with Gasteiger partial charge in [0.15, 0.2) is 0 Å². The van der Waals surface area contributed by atoms with Crippen LogP contribution in [0.15, 0.2) is 0 Å². The van der Waals surface area contributed by atoms with Crippen LogP contribution in [0.3, 0.4) is 0 Å². The van der Waals surface area contributed by atoms with Crippen molar-refractivity contribution in [2.45, 2.75) is 0 Å². The highest BCUT2D eigenvalue weighted by molar-refractivity contribution is 7.96. The number of hydrogen-bond acceptors (Lipinski definition) is 3. The average molecular weight is 116 g/mol. The minimum Gasteiger partial charge on any atom is -0.306 e. The number of halogens is 1. The van der Waals surface area contributed by atoms with Gasteiger partial charge in [-0.1, -0.05) is 11.9 Å². The van der Waals surface area contributed by atoms with Crippen LogP contribution in [0.25, 0.3) is 0 Å². The van der Waals surface area contributed by atoms with Gasteiger partial charge in [-0.3, -0.25) is 0 Å². The Labute approximate surface area is 41.4 Å². The van der Waals surface area contributed by atoms with Crippen molar-refractivity contribution in [3.05, 3.63) is 0 Å². The van der Waals surface area contributed by atoms with Gasteiger partial charge in [0.05, 0.1) is 0 Å². The summed E-state index contributed by atoms with van der Waals surface area (Å²) in [4.78, 5) is 1.85. The highest BCUT2D eigenvalue weighted by Gasteiger charge is 1.51. The molecule has 0 aliphatic carbocycles. The zero-order valence-corrected chi connectivity index (χ0v) is 4.40. The van der Waals surface area contributed by atoms with E-state index in [0.29, 0.717) is 0 Å². The van der Waals surface area contributed by atoms with Crippen LogP contribution in [0.2, 0.25) is 0 Å². The molecule has 0 saturated heterocycles. The molecule has 0 aromatic heterocycles. The van der Waals surface area contributed by atoms with Crippen molar-refractivity contribution in [3.8, 4) is 0 Å². The topological polar surface area (TPSA) is 32.3 Å². The minimum atomic E-state index is 0. The van der Waals surface area contributed by atoms with E-state index in [0.717, 1.165) is 11.9 Å². The maximum atomic E-state index is 7.59. The van der Waals surface area contributed by atoms with Crippen LogP contribution in [0, 0.1) is 0 Å². The second-order valence-corrected chi connectivity index (χ2v) is 0.886. The standard InChI is InChI=1S/CH5NOS.ClH/c1-4-2-3;/h2-3H,1H3;1H. The Balaban J connectivity index is 0. The van der Waals surface area contributed by atoms with E-state index >= 15 is 0 Å². The summed E-state index contributed by atoms with van der Waals surface area (Å²) in [5.74, 6) is 0. The Morgan fingerprint density at radius 3 is 2.00 bits per heavy atom. The SMILES string of the molecule is CSNO.Cl. The zero-order chi connectivity index (χ0) is 3.41. The van der Waals surface area contributed by atoms with Crippen molar-refractivity contribution in [1.82, 2.24) is 4.89 Å². The van der Waals surface area contributed by atoms with E-state index in [2.05, 4.69) is 0 Å². The molecule has 0 aliphatic heterocycles. The molecular formula is CH6ClNOS. The summed E-state index contributed by atoms with van der Waals surface area (Å²) in [7, 11) is 0. The Morgan fingerprint density at radius 1 is 1.80 bits per heavy atom. The van der Waals surface area contributed by atoms with Crippen molar-refractivity contribution < 1.29 is 5.21 Å².